The van der Waals surface area contributed by atoms with Crippen LogP contribution in [0.25, 0.3) is 0 Å². The van der Waals surface area contributed by atoms with Gasteiger partial charge in [0.15, 0.2) is 0 Å². The number of amides is 1. The number of rotatable bonds is 5. The van der Waals surface area contributed by atoms with E-state index in [0.717, 1.165) is 10.0 Å². The van der Waals surface area contributed by atoms with Crippen LogP contribution in [0, 0.1) is 0 Å². The molecule has 1 aromatic rings. The molecule has 0 aliphatic rings. The van der Waals surface area contributed by atoms with Crippen molar-refractivity contribution in [3.63, 3.8) is 0 Å². The molecule has 0 aliphatic heterocycles. The minimum atomic E-state index is -0.599. The van der Waals surface area contributed by atoms with Crippen LogP contribution in [0.3, 0.4) is 0 Å². The molecule has 0 unspecified atom stereocenters. The second-order valence-corrected chi connectivity index (χ2v) is 6.68. The molecule has 5 nitrogen and oxygen atoms in total. The van der Waals surface area contributed by atoms with E-state index in [-0.39, 0.29) is 12.4 Å². The number of hydrogen-bond acceptors (Lipinski definition) is 4. The molecule has 0 aromatic heterocycles. The standard InChI is InChI=1S/C16H22BrNO4/c1-5-21-14(19)10-13(11-6-8-12(17)9-7-11)18-15(20)22-16(2,3)4/h6-9,13H,5,10H2,1-4H3,(H,18,20)/t13-/m1/s1. The fraction of sp³-hybridized carbons (Fsp3) is 0.500. The SMILES string of the molecule is CCOC(=O)C[C@@H](NC(=O)OC(C)(C)C)c1ccc(Br)cc1. The molecule has 1 rings (SSSR count). The van der Waals surface area contributed by atoms with E-state index in [9.17, 15) is 9.59 Å². The Kier molecular flexibility index (Phi) is 6.87. The largest absolute Gasteiger partial charge is 0.466 e. The van der Waals surface area contributed by atoms with E-state index in [4.69, 9.17) is 9.47 Å². The molecule has 1 N–H and O–H groups in total. The van der Waals surface area contributed by atoms with E-state index in [1.165, 1.54) is 0 Å². The van der Waals surface area contributed by atoms with Crippen molar-refractivity contribution in [2.45, 2.75) is 45.8 Å². The van der Waals surface area contributed by atoms with Gasteiger partial charge in [0, 0.05) is 4.47 Å². The highest BCUT2D eigenvalue weighted by Crippen LogP contribution is 2.21. The molecule has 0 bridgehead atoms. The van der Waals surface area contributed by atoms with Crippen molar-refractivity contribution in [2.75, 3.05) is 6.61 Å². The van der Waals surface area contributed by atoms with Crippen LogP contribution in [-0.4, -0.2) is 24.3 Å². The first-order chi connectivity index (χ1) is 10.2. The van der Waals surface area contributed by atoms with E-state index in [0.29, 0.717) is 6.61 Å². The summed E-state index contributed by atoms with van der Waals surface area (Å²) in [6.45, 7) is 7.40. The van der Waals surface area contributed by atoms with Gasteiger partial charge in [-0.3, -0.25) is 4.79 Å². The average Bonchev–Trinajstić information content (AvgIpc) is 2.36. The Hall–Kier alpha value is -1.56. The van der Waals surface area contributed by atoms with Crippen LogP contribution in [0.5, 0.6) is 0 Å². The molecular weight excluding hydrogens is 350 g/mol. The van der Waals surface area contributed by atoms with E-state index < -0.39 is 17.7 Å². The first-order valence-electron chi connectivity index (χ1n) is 7.12. The molecule has 0 saturated carbocycles. The number of ether oxygens (including phenoxy) is 2. The van der Waals surface area contributed by atoms with E-state index >= 15 is 0 Å². The molecule has 0 radical (unpaired) electrons. The van der Waals surface area contributed by atoms with E-state index in [1.54, 1.807) is 27.7 Å². The lowest BCUT2D eigenvalue weighted by Crippen LogP contribution is -2.36. The van der Waals surface area contributed by atoms with Crippen molar-refractivity contribution in [1.82, 2.24) is 5.32 Å². The van der Waals surface area contributed by atoms with Gasteiger partial charge in [0.1, 0.15) is 5.60 Å². The molecular formula is C16H22BrNO4. The zero-order chi connectivity index (χ0) is 16.8. The van der Waals surface area contributed by atoms with Gasteiger partial charge in [0.05, 0.1) is 19.1 Å². The molecule has 1 atom stereocenters. The highest BCUT2D eigenvalue weighted by atomic mass is 79.9. The number of nitrogens with one attached hydrogen (secondary N) is 1. The summed E-state index contributed by atoms with van der Waals surface area (Å²) in [5.74, 6) is -0.369. The molecule has 0 heterocycles. The fourth-order valence-electron chi connectivity index (χ4n) is 1.78. The second-order valence-electron chi connectivity index (χ2n) is 5.76. The first-order valence-corrected chi connectivity index (χ1v) is 7.91. The van der Waals surface area contributed by atoms with E-state index in [1.807, 2.05) is 24.3 Å². The van der Waals surface area contributed by atoms with Crippen LogP contribution in [0.2, 0.25) is 0 Å². The van der Waals surface area contributed by atoms with Gasteiger partial charge in [-0.1, -0.05) is 28.1 Å². The van der Waals surface area contributed by atoms with Gasteiger partial charge >= 0.3 is 12.1 Å². The van der Waals surface area contributed by atoms with Gasteiger partial charge in [-0.05, 0) is 45.4 Å². The first kappa shape index (κ1) is 18.5. The summed E-state index contributed by atoms with van der Waals surface area (Å²) >= 11 is 3.36. The highest BCUT2D eigenvalue weighted by molar-refractivity contribution is 9.10. The maximum atomic E-state index is 12.0. The Labute approximate surface area is 139 Å². The summed E-state index contributed by atoms with van der Waals surface area (Å²) in [5.41, 5.74) is 0.209. The van der Waals surface area contributed by atoms with Crippen LogP contribution in [-0.2, 0) is 14.3 Å². The smallest absolute Gasteiger partial charge is 0.408 e. The number of carbonyl (C=O) groups is 2. The topological polar surface area (TPSA) is 64.6 Å². The molecule has 1 aromatic carbocycles. The lowest BCUT2D eigenvalue weighted by atomic mass is 10.0. The number of carbonyl (C=O) groups excluding carboxylic acids is 2. The van der Waals surface area contributed by atoms with Crippen molar-refractivity contribution in [1.29, 1.82) is 0 Å². The Bertz CT molecular complexity index is 508. The molecule has 0 spiro atoms. The number of benzene rings is 1. The summed E-state index contributed by atoms with van der Waals surface area (Å²) in [6, 6.07) is 6.88. The number of esters is 1. The molecule has 0 fully saturated rings. The van der Waals surface area contributed by atoms with Crippen LogP contribution in [0.4, 0.5) is 4.79 Å². The lowest BCUT2D eigenvalue weighted by molar-refractivity contribution is -0.143. The van der Waals surface area contributed by atoms with Gasteiger partial charge < -0.3 is 14.8 Å². The molecule has 6 heteroatoms. The zero-order valence-corrected chi connectivity index (χ0v) is 14.9. The summed E-state index contributed by atoms with van der Waals surface area (Å²) < 4.78 is 11.1. The predicted octanol–water partition coefficient (Wildman–Crippen LogP) is 3.97. The van der Waals surface area contributed by atoms with Crippen LogP contribution >= 0.6 is 15.9 Å². The van der Waals surface area contributed by atoms with Crippen molar-refractivity contribution >= 4 is 28.0 Å². The predicted molar refractivity (Wildman–Crippen MR) is 87.5 cm³/mol. The monoisotopic (exact) mass is 371 g/mol. The van der Waals surface area contributed by atoms with Crippen molar-refractivity contribution in [3.05, 3.63) is 34.3 Å². The normalized spacial score (nSPS) is 12.4. The summed E-state index contributed by atoms with van der Waals surface area (Å²) in [7, 11) is 0. The molecule has 0 saturated heterocycles. The number of alkyl carbamates (subject to hydrolysis) is 1. The Balaban J connectivity index is 2.84. The van der Waals surface area contributed by atoms with Gasteiger partial charge in [-0.15, -0.1) is 0 Å². The summed E-state index contributed by atoms with van der Waals surface area (Å²) in [5, 5.41) is 2.72. The second kappa shape index (κ2) is 8.17. The van der Waals surface area contributed by atoms with Gasteiger partial charge in [-0.25, -0.2) is 4.79 Å². The quantitative estimate of drug-likeness (QED) is 0.795. The molecule has 22 heavy (non-hydrogen) atoms. The number of hydrogen-bond donors (Lipinski definition) is 1. The Morgan fingerprint density at radius 2 is 1.82 bits per heavy atom. The zero-order valence-electron chi connectivity index (χ0n) is 13.3. The van der Waals surface area contributed by atoms with Gasteiger partial charge in [0.2, 0.25) is 0 Å². The third-order valence-corrected chi connectivity index (χ3v) is 3.17. The van der Waals surface area contributed by atoms with Crippen molar-refractivity contribution < 1.29 is 19.1 Å². The third-order valence-electron chi connectivity index (χ3n) is 2.64. The lowest BCUT2D eigenvalue weighted by Gasteiger charge is -2.23. The van der Waals surface area contributed by atoms with E-state index in [2.05, 4.69) is 21.2 Å². The maximum Gasteiger partial charge on any atom is 0.408 e. The number of halogens is 1. The minimum absolute atomic E-state index is 0.0503. The maximum absolute atomic E-state index is 12.0. The third kappa shape index (κ3) is 6.93. The van der Waals surface area contributed by atoms with Gasteiger partial charge in [0.25, 0.3) is 0 Å². The summed E-state index contributed by atoms with van der Waals surface area (Å²) in [4.78, 5) is 23.7. The van der Waals surface area contributed by atoms with Crippen molar-refractivity contribution in [2.24, 2.45) is 0 Å². The molecule has 1 amide bonds. The molecule has 122 valence electrons. The Morgan fingerprint density at radius 1 is 1.23 bits per heavy atom. The molecule has 0 aliphatic carbocycles. The average molecular weight is 372 g/mol. The van der Waals surface area contributed by atoms with Crippen molar-refractivity contribution in [3.8, 4) is 0 Å². The highest BCUT2D eigenvalue weighted by Gasteiger charge is 2.23. The van der Waals surface area contributed by atoms with Crippen LogP contribution < -0.4 is 5.32 Å². The van der Waals surface area contributed by atoms with Gasteiger partial charge in [-0.2, -0.15) is 0 Å². The fourth-order valence-corrected chi connectivity index (χ4v) is 2.05. The van der Waals surface area contributed by atoms with Crippen LogP contribution in [0.1, 0.15) is 45.7 Å². The Morgan fingerprint density at radius 3 is 2.32 bits per heavy atom. The summed E-state index contributed by atoms with van der Waals surface area (Å²) in [6.07, 6.45) is -0.515. The van der Waals surface area contributed by atoms with Crippen LogP contribution in [0.15, 0.2) is 28.7 Å². The minimum Gasteiger partial charge on any atom is -0.466 e.